The molecule has 0 aliphatic carbocycles. The van der Waals surface area contributed by atoms with Crippen molar-refractivity contribution < 1.29 is 9.90 Å². The minimum atomic E-state index is -0.935. The molecule has 0 aliphatic heterocycles. The zero-order chi connectivity index (χ0) is 14.1. The lowest BCUT2D eigenvalue weighted by atomic mass is 10.2. The number of carbonyl (C=O) groups is 1. The number of para-hydroxylation sites is 1. The Kier molecular flexibility index (Phi) is 3.78. The predicted molar refractivity (Wildman–Crippen MR) is 84.8 cm³/mol. The minimum Gasteiger partial charge on any atom is -0.478 e. The monoisotopic (exact) mass is 365 g/mol. The number of benzene rings is 2. The van der Waals surface area contributed by atoms with Crippen molar-refractivity contribution in [2.45, 2.75) is 9.24 Å². The summed E-state index contributed by atoms with van der Waals surface area (Å²) in [6.07, 6.45) is 0. The second kappa shape index (κ2) is 5.55. The van der Waals surface area contributed by atoms with Crippen molar-refractivity contribution in [2.75, 3.05) is 0 Å². The summed E-state index contributed by atoms with van der Waals surface area (Å²) in [5, 5.41) is 9.26. The summed E-state index contributed by atoms with van der Waals surface area (Å²) < 4.78 is 2.70. The van der Waals surface area contributed by atoms with Crippen LogP contribution in [0.2, 0.25) is 0 Å². The van der Waals surface area contributed by atoms with E-state index >= 15 is 0 Å². The van der Waals surface area contributed by atoms with Crippen molar-refractivity contribution in [1.29, 1.82) is 0 Å². The number of fused-ring (bicyclic) bond motifs is 1. The molecule has 0 atom stereocenters. The molecule has 3 aromatic rings. The number of hydrogen-bond acceptors (Lipinski definition) is 4. The molecule has 100 valence electrons. The summed E-state index contributed by atoms with van der Waals surface area (Å²) in [5.41, 5.74) is 1.22. The highest BCUT2D eigenvalue weighted by atomic mass is 79.9. The first-order valence-corrected chi connectivity index (χ1v) is 8.12. The van der Waals surface area contributed by atoms with Gasteiger partial charge in [0.1, 0.15) is 0 Å². The smallest absolute Gasteiger partial charge is 0.336 e. The second-order valence-electron chi connectivity index (χ2n) is 4.00. The lowest BCUT2D eigenvalue weighted by molar-refractivity contribution is 0.0693. The normalized spacial score (nSPS) is 10.8. The van der Waals surface area contributed by atoms with Crippen molar-refractivity contribution in [2.24, 2.45) is 0 Å². The van der Waals surface area contributed by atoms with E-state index in [4.69, 9.17) is 0 Å². The van der Waals surface area contributed by atoms with E-state index < -0.39 is 5.97 Å². The fourth-order valence-electron chi connectivity index (χ4n) is 1.75. The molecule has 1 aromatic heterocycles. The summed E-state index contributed by atoms with van der Waals surface area (Å²) in [7, 11) is 0. The number of hydrogen-bond donors (Lipinski definition) is 1. The number of aromatic carboxylic acids is 1. The van der Waals surface area contributed by atoms with Gasteiger partial charge < -0.3 is 5.11 Å². The molecule has 2 aromatic carbocycles. The Balaban J connectivity index is 2.00. The number of aromatic nitrogens is 1. The van der Waals surface area contributed by atoms with Crippen LogP contribution in [0.15, 0.2) is 56.2 Å². The predicted octanol–water partition coefficient (Wildman–Crippen LogP) is 4.91. The van der Waals surface area contributed by atoms with Gasteiger partial charge in [0.25, 0.3) is 0 Å². The molecular formula is C14H8BrNO2S2. The number of carboxylic acids is 1. The Bertz CT molecular complexity index is 768. The number of nitrogens with zero attached hydrogens (tertiary/aromatic N) is 1. The summed E-state index contributed by atoms with van der Waals surface area (Å²) in [4.78, 5) is 16.5. The number of halogens is 1. The number of thiazole rings is 1. The van der Waals surface area contributed by atoms with E-state index in [1.165, 1.54) is 11.8 Å². The molecule has 6 heteroatoms. The van der Waals surface area contributed by atoms with E-state index in [9.17, 15) is 9.90 Å². The van der Waals surface area contributed by atoms with Crippen molar-refractivity contribution in [3.63, 3.8) is 0 Å². The number of carboxylic acid groups (broad SMARTS) is 1. The van der Waals surface area contributed by atoms with E-state index in [2.05, 4.69) is 20.9 Å². The Morgan fingerprint density at radius 2 is 2.05 bits per heavy atom. The first-order valence-electron chi connectivity index (χ1n) is 5.70. The molecule has 0 amide bonds. The van der Waals surface area contributed by atoms with E-state index in [0.717, 1.165) is 19.0 Å². The van der Waals surface area contributed by atoms with Crippen LogP contribution in [0, 0.1) is 0 Å². The van der Waals surface area contributed by atoms with Gasteiger partial charge in [0.05, 0.1) is 15.8 Å². The van der Waals surface area contributed by atoms with Gasteiger partial charge in [0.2, 0.25) is 0 Å². The van der Waals surface area contributed by atoms with Crippen LogP contribution in [-0.2, 0) is 0 Å². The first kappa shape index (κ1) is 13.6. The van der Waals surface area contributed by atoms with Crippen LogP contribution < -0.4 is 0 Å². The minimum absolute atomic E-state index is 0.281. The van der Waals surface area contributed by atoms with Crippen LogP contribution in [0.4, 0.5) is 0 Å². The molecule has 3 nitrogen and oxygen atoms in total. The van der Waals surface area contributed by atoms with Gasteiger partial charge in [-0.1, -0.05) is 39.8 Å². The average molecular weight is 366 g/mol. The third-order valence-corrected chi connectivity index (χ3v) is 5.31. The van der Waals surface area contributed by atoms with Crippen LogP contribution in [-0.4, -0.2) is 16.1 Å². The summed E-state index contributed by atoms with van der Waals surface area (Å²) in [6.45, 7) is 0. The zero-order valence-corrected chi connectivity index (χ0v) is 13.3. The maximum atomic E-state index is 11.3. The topological polar surface area (TPSA) is 50.2 Å². The van der Waals surface area contributed by atoms with Gasteiger partial charge in [-0.15, -0.1) is 11.3 Å². The summed E-state index contributed by atoms with van der Waals surface area (Å²) >= 11 is 6.24. The van der Waals surface area contributed by atoms with E-state index in [0.29, 0.717) is 4.90 Å². The van der Waals surface area contributed by atoms with Gasteiger partial charge >= 0.3 is 5.97 Å². The summed E-state index contributed by atoms with van der Waals surface area (Å²) in [5.74, 6) is -0.935. The fraction of sp³-hybridized carbons (Fsp3) is 0. The van der Waals surface area contributed by atoms with Crippen LogP contribution in [0.1, 0.15) is 10.4 Å². The van der Waals surface area contributed by atoms with Crippen LogP contribution in [0.25, 0.3) is 10.2 Å². The highest BCUT2D eigenvalue weighted by molar-refractivity contribution is 9.10. The lowest BCUT2D eigenvalue weighted by Gasteiger charge is -2.03. The third kappa shape index (κ3) is 2.72. The van der Waals surface area contributed by atoms with Crippen molar-refractivity contribution in [1.82, 2.24) is 4.98 Å². The Morgan fingerprint density at radius 1 is 1.25 bits per heavy atom. The quantitative estimate of drug-likeness (QED) is 0.716. The Labute approximate surface area is 131 Å². The SMILES string of the molecule is O=C(O)c1cc(Br)ccc1Sc1nc2ccccc2s1. The Morgan fingerprint density at radius 3 is 2.80 bits per heavy atom. The van der Waals surface area contributed by atoms with Crippen LogP contribution in [0.3, 0.4) is 0 Å². The van der Waals surface area contributed by atoms with Crippen molar-refractivity contribution in [3.8, 4) is 0 Å². The van der Waals surface area contributed by atoms with E-state index in [1.54, 1.807) is 23.5 Å². The Hall–Kier alpha value is -1.37. The molecule has 0 saturated heterocycles. The molecule has 0 unspecified atom stereocenters. The highest BCUT2D eigenvalue weighted by Crippen LogP contribution is 2.36. The number of rotatable bonds is 3. The molecule has 0 saturated carbocycles. The fourth-order valence-corrected chi connectivity index (χ4v) is 4.23. The first-order chi connectivity index (χ1) is 9.63. The average Bonchev–Trinajstić information content (AvgIpc) is 2.82. The molecular weight excluding hydrogens is 358 g/mol. The van der Waals surface area contributed by atoms with E-state index in [1.807, 2.05) is 30.3 Å². The summed E-state index contributed by atoms with van der Waals surface area (Å²) in [6, 6.07) is 13.1. The molecule has 1 N–H and O–H groups in total. The molecule has 3 rings (SSSR count). The highest BCUT2D eigenvalue weighted by Gasteiger charge is 2.14. The molecule has 20 heavy (non-hydrogen) atoms. The van der Waals surface area contributed by atoms with Gasteiger partial charge in [-0.3, -0.25) is 0 Å². The second-order valence-corrected chi connectivity index (χ2v) is 7.23. The van der Waals surface area contributed by atoms with Crippen LogP contribution in [0.5, 0.6) is 0 Å². The molecule has 0 bridgehead atoms. The van der Waals surface area contributed by atoms with Gasteiger partial charge in [0, 0.05) is 9.37 Å². The van der Waals surface area contributed by atoms with Gasteiger partial charge in [-0.25, -0.2) is 9.78 Å². The molecule has 0 aliphatic rings. The van der Waals surface area contributed by atoms with Crippen molar-refractivity contribution >= 4 is 55.2 Å². The lowest BCUT2D eigenvalue weighted by Crippen LogP contribution is -1.98. The van der Waals surface area contributed by atoms with Gasteiger partial charge in [-0.2, -0.15) is 0 Å². The van der Waals surface area contributed by atoms with Crippen molar-refractivity contribution in [3.05, 3.63) is 52.5 Å². The maximum absolute atomic E-state index is 11.3. The van der Waals surface area contributed by atoms with Crippen LogP contribution >= 0.6 is 39.0 Å². The zero-order valence-electron chi connectivity index (χ0n) is 10.0. The van der Waals surface area contributed by atoms with Gasteiger partial charge in [-0.05, 0) is 30.3 Å². The largest absolute Gasteiger partial charge is 0.478 e. The van der Waals surface area contributed by atoms with Gasteiger partial charge in [0.15, 0.2) is 4.34 Å². The third-order valence-electron chi connectivity index (χ3n) is 2.64. The molecule has 0 spiro atoms. The molecule has 1 heterocycles. The maximum Gasteiger partial charge on any atom is 0.336 e. The standard InChI is InChI=1S/C14H8BrNO2S2/c15-8-5-6-11(9(7-8)13(17)18)19-14-16-10-3-1-2-4-12(10)20-14/h1-7H,(H,17,18). The van der Waals surface area contributed by atoms with E-state index in [-0.39, 0.29) is 5.56 Å². The molecule has 0 radical (unpaired) electrons. The molecule has 0 fully saturated rings.